The minimum Gasteiger partial charge on any atom is -0.368 e. The molecule has 2 atom stereocenters. The average molecular weight is 278 g/mol. The van der Waals surface area contributed by atoms with Gasteiger partial charge >= 0.3 is 0 Å². The first-order valence-corrected chi connectivity index (χ1v) is 6.13. The summed E-state index contributed by atoms with van der Waals surface area (Å²) in [5.41, 5.74) is 4.95. The largest absolute Gasteiger partial charge is 0.368 e. The third-order valence-corrected chi connectivity index (χ3v) is 3.05. The van der Waals surface area contributed by atoms with Crippen molar-refractivity contribution in [3.63, 3.8) is 0 Å². The van der Waals surface area contributed by atoms with Crippen molar-refractivity contribution in [2.24, 2.45) is 11.1 Å². The van der Waals surface area contributed by atoms with Crippen LogP contribution in [0.5, 0.6) is 0 Å². The van der Waals surface area contributed by atoms with Crippen LogP contribution in [0.4, 0.5) is 0 Å². The molecule has 0 aromatic heterocycles. The molecule has 0 aliphatic carbocycles. The quantitative estimate of drug-likeness (QED) is 0.702. The lowest BCUT2D eigenvalue weighted by atomic mass is 9.86. The second-order valence-corrected chi connectivity index (χ2v) is 5.77. The van der Waals surface area contributed by atoms with E-state index in [0.717, 1.165) is 19.4 Å². The molecule has 0 aromatic carbocycles. The second kappa shape index (κ2) is 6.95. The summed E-state index contributed by atoms with van der Waals surface area (Å²) in [6, 6.07) is -0.375. The molecule has 1 rings (SSSR count). The Kier molecular flexibility index (Phi) is 6.63. The number of nitrogens with one attached hydrogen (secondary N) is 2. The molecule has 2 unspecified atom stereocenters. The van der Waals surface area contributed by atoms with E-state index in [2.05, 4.69) is 10.6 Å². The Hall–Kier alpha value is -0.810. The molecule has 0 aromatic rings. The number of rotatable bonds is 4. The van der Waals surface area contributed by atoms with E-state index < -0.39 is 11.9 Å². The zero-order chi connectivity index (χ0) is 13.1. The molecule has 0 radical (unpaired) electrons. The van der Waals surface area contributed by atoms with Crippen molar-refractivity contribution in [2.45, 2.75) is 52.1 Å². The van der Waals surface area contributed by atoms with Crippen molar-refractivity contribution < 1.29 is 9.59 Å². The molecule has 0 bridgehead atoms. The van der Waals surface area contributed by atoms with Crippen LogP contribution in [-0.4, -0.2) is 30.4 Å². The van der Waals surface area contributed by atoms with E-state index in [0.29, 0.717) is 6.42 Å². The van der Waals surface area contributed by atoms with Crippen molar-refractivity contribution in [1.29, 1.82) is 0 Å². The maximum atomic E-state index is 11.8. The number of carbonyl (C=O) groups excluding carboxylic acids is 2. The molecule has 2 amide bonds. The third-order valence-electron chi connectivity index (χ3n) is 3.05. The van der Waals surface area contributed by atoms with Gasteiger partial charge in [0.05, 0.1) is 0 Å². The number of primary amides is 1. The molecular formula is C12H24ClN3O2. The van der Waals surface area contributed by atoms with Gasteiger partial charge in [-0.05, 0) is 24.8 Å². The molecule has 0 spiro atoms. The zero-order valence-corrected chi connectivity index (χ0v) is 12.1. The summed E-state index contributed by atoms with van der Waals surface area (Å²) in [4.78, 5) is 23.1. The number of hydrogen-bond acceptors (Lipinski definition) is 3. The monoisotopic (exact) mass is 277 g/mol. The predicted molar refractivity (Wildman–Crippen MR) is 73.5 cm³/mol. The average Bonchev–Trinajstić information content (AvgIpc) is 2.64. The Bertz CT molecular complexity index is 296. The van der Waals surface area contributed by atoms with Crippen LogP contribution in [0.2, 0.25) is 0 Å². The van der Waals surface area contributed by atoms with E-state index in [-0.39, 0.29) is 29.8 Å². The molecule has 106 valence electrons. The Morgan fingerprint density at radius 2 is 2.06 bits per heavy atom. The van der Waals surface area contributed by atoms with Crippen molar-refractivity contribution in [2.75, 3.05) is 6.54 Å². The minimum absolute atomic E-state index is 0. The van der Waals surface area contributed by atoms with Crippen LogP contribution in [0.15, 0.2) is 0 Å². The molecule has 5 nitrogen and oxygen atoms in total. The third kappa shape index (κ3) is 5.23. The number of amides is 2. The van der Waals surface area contributed by atoms with Gasteiger partial charge in [0.25, 0.3) is 0 Å². The topological polar surface area (TPSA) is 84.2 Å². The fraction of sp³-hybridized carbons (Fsp3) is 0.833. The summed E-state index contributed by atoms with van der Waals surface area (Å²) in [7, 11) is 0. The van der Waals surface area contributed by atoms with E-state index in [1.165, 1.54) is 0 Å². The highest BCUT2D eigenvalue weighted by Gasteiger charge is 2.31. The molecule has 0 saturated carbocycles. The van der Waals surface area contributed by atoms with Crippen LogP contribution in [0.1, 0.15) is 40.0 Å². The number of hydrogen-bond donors (Lipinski definition) is 3. The molecule has 1 aliphatic heterocycles. The summed E-state index contributed by atoms with van der Waals surface area (Å²) < 4.78 is 0. The fourth-order valence-corrected chi connectivity index (χ4v) is 2.09. The zero-order valence-electron chi connectivity index (χ0n) is 11.3. The number of carbonyl (C=O) groups is 2. The Morgan fingerprint density at radius 1 is 1.44 bits per heavy atom. The fourth-order valence-electron chi connectivity index (χ4n) is 2.09. The van der Waals surface area contributed by atoms with Gasteiger partial charge in [0.2, 0.25) is 11.8 Å². The van der Waals surface area contributed by atoms with Crippen LogP contribution in [-0.2, 0) is 9.59 Å². The minimum atomic E-state index is -0.614. The number of halogens is 1. The molecular weight excluding hydrogens is 254 g/mol. The summed E-state index contributed by atoms with van der Waals surface area (Å²) in [5.74, 6) is -0.589. The van der Waals surface area contributed by atoms with Gasteiger partial charge < -0.3 is 16.4 Å². The molecule has 1 fully saturated rings. The normalized spacial score (nSPS) is 20.9. The van der Waals surface area contributed by atoms with Crippen molar-refractivity contribution in [3.8, 4) is 0 Å². The molecule has 18 heavy (non-hydrogen) atoms. The lowest BCUT2D eigenvalue weighted by Crippen LogP contribution is -2.52. The molecule has 1 heterocycles. The number of nitrogens with two attached hydrogens (primary N) is 1. The first-order chi connectivity index (χ1) is 7.80. The lowest BCUT2D eigenvalue weighted by molar-refractivity contribution is -0.130. The predicted octanol–water partition coefficient (Wildman–Crippen LogP) is 0.567. The van der Waals surface area contributed by atoms with Crippen LogP contribution < -0.4 is 16.4 Å². The first kappa shape index (κ1) is 17.2. The highest BCUT2D eigenvalue weighted by atomic mass is 35.5. The molecule has 1 saturated heterocycles. The Balaban J connectivity index is 0.00000289. The highest BCUT2D eigenvalue weighted by molar-refractivity contribution is 5.87. The smallest absolute Gasteiger partial charge is 0.240 e. The highest BCUT2D eigenvalue weighted by Crippen LogP contribution is 2.19. The Morgan fingerprint density at radius 3 is 2.44 bits per heavy atom. The van der Waals surface area contributed by atoms with Crippen molar-refractivity contribution in [3.05, 3.63) is 0 Å². The van der Waals surface area contributed by atoms with Crippen LogP contribution in [0.25, 0.3) is 0 Å². The lowest BCUT2D eigenvalue weighted by Gasteiger charge is -2.29. The van der Waals surface area contributed by atoms with Crippen molar-refractivity contribution in [1.82, 2.24) is 10.6 Å². The van der Waals surface area contributed by atoms with Gasteiger partial charge in [-0.3, -0.25) is 9.59 Å². The first-order valence-electron chi connectivity index (χ1n) is 6.13. The van der Waals surface area contributed by atoms with Gasteiger partial charge in [-0.25, -0.2) is 0 Å². The van der Waals surface area contributed by atoms with Gasteiger partial charge in [0.15, 0.2) is 0 Å². The van der Waals surface area contributed by atoms with Crippen LogP contribution >= 0.6 is 12.4 Å². The second-order valence-electron chi connectivity index (χ2n) is 5.77. The van der Waals surface area contributed by atoms with E-state index in [1.807, 2.05) is 20.8 Å². The van der Waals surface area contributed by atoms with Crippen LogP contribution in [0, 0.1) is 5.41 Å². The summed E-state index contributed by atoms with van der Waals surface area (Å²) >= 11 is 0. The van der Waals surface area contributed by atoms with Gasteiger partial charge in [-0.15, -0.1) is 12.4 Å². The van der Waals surface area contributed by atoms with Gasteiger partial charge in [0, 0.05) is 12.5 Å². The summed E-state index contributed by atoms with van der Waals surface area (Å²) in [6.45, 7) is 6.63. The maximum Gasteiger partial charge on any atom is 0.240 e. The molecule has 1 aliphatic rings. The van der Waals surface area contributed by atoms with Gasteiger partial charge in [0.1, 0.15) is 6.04 Å². The maximum absolute atomic E-state index is 11.8. The summed E-state index contributed by atoms with van der Waals surface area (Å²) in [6.07, 6.45) is 2.54. The Labute approximate surface area is 115 Å². The molecule has 4 N–H and O–H groups in total. The van der Waals surface area contributed by atoms with Crippen LogP contribution in [0.3, 0.4) is 0 Å². The van der Waals surface area contributed by atoms with E-state index >= 15 is 0 Å². The SMILES string of the molecule is CC(C)(C)C(NC(=O)CC1CCCN1)C(N)=O.Cl. The molecule has 6 heteroatoms. The van der Waals surface area contributed by atoms with Gasteiger partial charge in [-0.2, -0.15) is 0 Å². The van der Waals surface area contributed by atoms with E-state index in [4.69, 9.17) is 5.73 Å². The standard InChI is InChI=1S/C12H23N3O2.ClH/c1-12(2,3)10(11(13)17)15-9(16)7-8-5-4-6-14-8;/h8,10,14H,4-7H2,1-3H3,(H2,13,17)(H,15,16);1H. The van der Waals surface area contributed by atoms with E-state index in [1.54, 1.807) is 0 Å². The summed E-state index contributed by atoms with van der Waals surface area (Å²) in [5, 5.41) is 5.98. The van der Waals surface area contributed by atoms with Gasteiger partial charge in [-0.1, -0.05) is 20.8 Å². The van der Waals surface area contributed by atoms with E-state index in [9.17, 15) is 9.59 Å². The van der Waals surface area contributed by atoms with Crippen molar-refractivity contribution >= 4 is 24.2 Å².